The summed E-state index contributed by atoms with van der Waals surface area (Å²) in [5.41, 5.74) is 5.54. The molecule has 0 heterocycles. The Morgan fingerprint density at radius 3 is 2.35 bits per heavy atom. The maximum Gasteiger partial charge on any atom is 0.240 e. The van der Waals surface area contributed by atoms with Crippen LogP contribution in [0.25, 0.3) is 0 Å². The third-order valence-electron chi connectivity index (χ3n) is 4.26. The maximum atomic E-state index is 11.9. The van der Waals surface area contributed by atoms with Crippen molar-refractivity contribution in [3.8, 4) is 0 Å². The molecule has 0 aromatic rings. The van der Waals surface area contributed by atoms with Gasteiger partial charge in [-0.25, -0.2) is 0 Å². The van der Waals surface area contributed by atoms with Crippen molar-refractivity contribution >= 4 is 18.3 Å². The van der Waals surface area contributed by atoms with Gasteiger partial charge in [0, 0.05) is 6.54 Å². The molecular weight excluding hydrogens is 236 g/mol. The van der Waals surface area contributed by atoms with Crippen molar-refractivity contribution in [2.75, 3.05) is 6.54 Å². The molecule has 0 aromatic heterocycles. The van der Waals surface area contributed by atoms with Crippen LogP contribution < -0.4 is 11.1 Å². The normalized spacial score (nSPS) is 23.4. The zero-order chi connectivity index (χ0) is 11.4. The van der Waals surface area contributed by atoms with Gasteiger partial charge in [0.15, 0.2) is 0 Å². The van der Waals surface area contributed by atoms with Crippen molar-refractivity contribution in [2.24, 2.45) is 11.7 Å². The lowest BCUT2D eigenvalue weighted by Crippen LogP contribution is -2.52. The van der Waals surface area contributed by atoms with E-state index in [4.69, 9.17) is 5.73 Å². The summed E-state index contributed by atoms with van der Waals surface area (Å²) in [6.45, 7) is 0.822. The lowest BCUT2D eigenvalue weighted by atomic mass is 9.97. The predicted molar refractivity (Wildman–Crippen MR) is 72.2 cm³/mol. The summed E-state index contributed by atoms with van der Waals surface area (Å²) in [6, 6.07) is 0. The van der Waals surface area contributed by atoms with E-state index in [0.29, 0.717) is 0 Å². The van der Waals surface area contributed by atoms with E-state index < -0.39 is 5.54 Å². The molecule has 2 rings (SSSR count). The molecule has 3 nitrogen and oxygen atoms in total. The van der Waals surface area contributed by atoms with Crippen LogP contribution in [0.5, 0.6) is 0 Å². The van der Waals surface area contributed by atoms with Crippen molar-refractivity contribution < 1.29 is 4.79 Å². The molecule has 2 aliphatic carbocycles. The summed E-state index contributed by atoms with van der Waals surface area (Å²) < 4.78 is 0. The average Bonchev–Trinajstić information content (AvgIpc) is 2.90. The molecule has 17 heavy (non-hydrogen) atoms. The minimum Gasteiger partial charge on any atom is -0.354 e. The highest BCUT2D eigenvalue weighted by atomic mass is 35.5. The molecule has 3 N–H and O–H groups in total. The SMILES string of the molecule is Cl.NC1(C(=O)NCCC2CCCC2)CCCC1. The highest BCUT2D eigenvalue weighted by molar-refractivity contribution is 5.86. The monoisotopic (exact) mass is 260 g/mol. The Balaban J connectivity index is 0.00000144. The van der Waals surface area contributed by atoms with Gasteiger partial charge < -0.3 is 11.1 Å². The number of amides is 1. The van der Waals surface area contributed by atoms with E-state index in [0.717, 1.165) is 44.6 Å². The first-order chi connectivity index (χ1) is 7.71. The molecule has 0 atom stereocenters. The van der Waals surface area contributed by atoms with Crippen molar-refractivity contribution in [3.63, 3.8) is 0 Å². The van der Waals surface area contributed by atoms with Gasteiger partial charge in [0.2, 0.25) is 5.91 Å². The lowest BCUT2D eigenvalue weighted by molar-refractivity contribution is -0.126. The molecule has 4 heteroatoms. The molecular formula is C13H25ClN2O. The number of hydrogen-bond donors (Lipinski definition) is 2. The van der Waals surface area contributed by atoms with Crippen LogP contribution in [-0.4, -0.2) is 18.0 Å². The van der Waals surface area contributed by atoms with Gasteiger partial charge >= 0.3 is 0 Å². The van der Waals surface area contributed by atoms with Crippen LogP contribution in [0.3, 0.4) is 0 Å². The minimum atomic E-state index is -0.546. The fourth-order valence-corrected chi connectivity index (χ4v) is 3.10. The number of carbonyl (C=O) groups is 1. The molecule has 0 aliphatic heterocycles. The lowest BCUT2D eigenvalue weighted by Gasteiger charge is -2.22. The maximum absolute atomic E-state index is 11.9. The van der Waals surface area contributed by atoms with E-state index in [1.54, 1.807) is 0 Å². The molecule has 2 saturated carbocycles. The number of nitrogens with one attached hydrogen (secondary N) is 1. The van der Waals surface area contributed by atoms with Crippen LogP contribution >= 0.6 is 12.4 Å². The van der Waals surface area contributed by atoms with Gasteiger partial charge in [-0.15, -0.1) is 12.4 Å². The first kappa shape index (κ1) is 14.8. The van der Waals surface area contributed by atoms with E-state index in [1.165, 1.54) is 25.7 Å². The predicted octanol–water partition coefficient (Wildman–Crippen LogP) is 2.38. The van der Waals surface area contributed by atoms with Crippen LogP contribution in [-0.2, 0) is 4.79 Å². The second-order valence-corrected chi connectivity index (χ2v) is 5.56. The molecule has 100 valence electrons. The highest BCUT2D eigenvalue weighted by Gasteiger charge is 2.36. The summed E-state index contributed by atoms with van der Waals surface area (Å²) in [4.78, 5) is 11.9. The van der Waals surface area contributed by atoms with E-state index in [2.05, 4.69) is 5.32 Å². The number of rotatable bonds is 4. The van der Waals surface area contributed by atoms with E-state index in [9.17, 15) is 4.79 Å². The Morgan fingerprint density at radius 2 is 1.76 bits per heavy atom. The van der Waals surface area contributed by atoms with Crippen molar-refractivity contribution in [3.05, 3.63) is 0 Å². The fourth-order valence-electron chi connectivity index (χ4n) is 3.10. The quantitative estimate of drug-likeness (QED) is 0.816. The Kier molecular flexibility index (Phi) is 5.74. The highest BCUT2D eigenvalue weighted by Crippen LogP contribution is 2.28. The third kappa shape index (κ3) is 3.85. The molecule has 2 fully saturated rings. The van der Waals surface area contributed by atoms with Gasteiger partial charge in [-0.05, 0) is 25.2 Å². The molecule has 0 bridgehead atoms. The topological polar surface area (TPSA) is 55.1 Å². The number of nitrogens with two attached hydrogens (primary N) is 1. The number of hydrogen-bond acceptors (Lipinski definition) is 2. The smallest absolute Gasteiger partial charge is 0.240 e. The van der Waals surface area contributed by atoms with Gasteiger partial charge in [-0.1, -0.05) is 38.5 Å². The third-order valence-corrected chi connectivity index (χ3v) is 4.26. The molecule has 1 amide bonds. The molecule has 0 aromatic carbocycles. The Labute approximate surface area is 110 Å². The van der Waals surface area contributed by atoms with Crippen molar-refractivity contribution in [1.82, 2.24) is 5.32 Å². The first-order valence-electron chi connectivity index (χ1n) is 6.78. The molecule has 0 unspecified atom stereocenters. The van der Waals surface area contributed by atoms with Gasteiger partial charge in [0.1, 0.15) is 0 Å². The molecule has 0 spiro atoms. The molecule has 0 saturated heterocycles. The number of carbonyl (C=O) groups excluding carboxylic acids is 1. The van der Waals surface area contributed by atoms with Gasteiger partial charge in [0.05, 0.1) is 5.54 Å². The Hall–Kier alpha value is -0.280. The second-order valence-electron chi connectivity index (χ2n) is 5.56. The van der Waals surface area contributed by atoms with Crippen molar-refractivity contribution in [2.45, 2.75) is 63.3 Å². The minimum absolute atomic E-state index is 0. The first-order valence-corrected chi connectivity index (χ1v) is 6.78. The van der Waals surface area contributed by atoms with Crippen molar-refractivity contribution in [1.29, 1.82) is 0 Å². The van der Waals surface area contributed by atoms with Crippen LogP contribution in [0, 0.1) is 5.92 Å². The number of halogens is 1. The van der Waals surface area contributed by atoms with Gasteiger partial charge in [0.25, 0.3) is 0 Å². The van der Waals surface area contributed by atoms with E-state index >= 15 is 0 Å². The van der Waals surface area contributed by atoms with Crippen LogP contribution in [0.2, 0.25) is 0 Å². The summed E-state index contributed by atoms with van der Waals surface area (Å²) in [5.74, 6) is 0.931. The molecule has 0 radical (unpaired) electrons. The van der Waals surface area contributed by atoms with Crippen LogP contribution in [0.1, 0.15) is 57.8 Å². The summed E-state index contributed by atoms with van der Waals surface area (Å²) in [6.07, 6.45) is 10.5. The summed E-state index contributed by atoms with van der Waals surface area (Å²) in [5, 5.41) is 3.03. The Bertz CT molecular complexity index is 246. The average molecular weight is 261 g/mol. The van der Waals surface area contributed by atoms with Gasteiger partial charge in [-0.3, -0.25) is 4.79 Å². The summed E-state index contributed by atoms with van der Waals surface area (Å²) in [7, 11) is 0. The Morgan fingerprint density at radius 1 is 1.18 bits per heavy atom. The summed E-state index contributed by atoms with van der Waals surface area (Å²) >= 11 is 0. The van der Waals surface area contributed by atoms with Gasteiger partial charge in [-0.2, -0.15) is 0 Å². The standard InChI is InChI=1S/C13H24N2O.ClH/c14-13(8-3-4-9-13)12(16)15-10-7-11-5-1-2-6-11;/h11H,1-10,14H2,(H,15,16);1H. The fraction of sp³-hybridized carbons (Fsp3) is 0.923. The zero-order valence-corrected chi connectivity index (χ0v) is 11.4. The largest absolute Gasteiger partial charge is 0.354 e. The van der Waals surface area contributed by atoms with Crippen LogP contribution in [0.15, 0.2) is 0 Å². The van der Waals surface area contributed by atoms with E-state index in [-0.39, 0.29) is 18.3 Å². The molecule has 2 aliphatic rings. The van der Waals surface area contributed by atoms with E-state index in [1.807, 2.05) is 0 Å². The van der Waals surface area contributed by atoms with Crippen LogP contribution in [0.4, 0.5) is 0 Å². The zero-order valence-electron chi connectivity index (χ0n) is 10.5. The second kappa shape index (κ2) is 6.60.